The third-order valence-corrected chi connectivity index (χ3v) is 4.10. The maximum Gasteiger partial charge on any atom is 0.0934 e. The van der Waals surface area contributed by atoms with E-state index in [0.717, 1.165) is 17.2 Å². The maximum atomic E-state index is 6.01. The highest BCUT2D eigenvalue weighted by Gasteiger charge is 2.24. The van der Waals surface area contributed by atoms with Crippen molar-refractivity contribution in [2.45, 2.75) is 18.9 Å². The van der Waals surface area contributed by atoms with Crippen LogP contribution in [-0.4, -0.2) is 4.68 Å². The van der Waals surface area contributed by atoms with E-state index in [1.807, 2.05) is 29.2 Å². The molecule has 78 valence electrons. The van der Waals surface area contributed by atoms with Gasteiger partial charge in [-0.3, -0.25) is 4.68 Å². The average molecular weight is 239 g/mol. The van der Waals surface area contributed by atoms with Crippen molar-refractivity contribution < 1.29 is 0 Å². The molecule has 1 aliphatic carbocycles. The highest BCUT2D eigenvalue weighted by Crippen LogP contribution is 2.39. The lowest BCUT2D eigenvalue weighted by atomic mass is 10.2. The van der Waals surface area contributed by atoms with Crippen LogP contribution in [0.1, 0.15) is 22.9 Å². The molecule has 2 aromatic rings. The van der Waals surface area contributed by atoms with Gasteiger partial charge in [0, 0.05) is 17.3 Å². The quantitative estimate of drug-likeness (QED) is 0.848. The minimum atomic E-state index is 0.413. The fourth-order valence-electron chi connectivity index (χ4n) is 2.06. The normalized spacial score (nSPS) is 19.1. The second-order valence-corrected chi connectivity index (χ2v) is 5.51. The van der Waals surface area contributed by atoms with Crippen LogP contribution in [0.25, 0.3) is 0 Å². The van der Waals surface area contributed by atoms with Gasteiger partial charge in [-0.2, -0.15) is 0 Å². The highest BCUT2D eigenvalue weighted by molar-refractivity contribution is 7.16. The van der Waals surface area contributed by atoms with Crippen molar-refractivity contribution >= 4 is 22.9 Å². The molecule has 0 aromatic carbocycles. The Balaban J connectivity index is 1.84. The van der Waals surface area contributed by atoms with Crippen LogP contribution in [0.3, 0.4) is 0 Å². The first-order chi connectivity index (χ1) is 7.33. The Labute approximate surface area is 97.5 Å². The Morgan fingerprint density at radius 1 is 1.40 bits per heavy atom. The molecule has 2 aromatic heterocycles. The van der Waals surface area contributed by atoms with E-state index in [-0.39, 0.29) is 0 Å². The summed E-state index contributed by atoms with van der Waals surface area (Å²) in [5, 5.41) is 0. The molecule has 1 aliphatic rings. The lowest BCUT2D eigenvalue weighted by molar-refractivity contribution is 0.665. The van der Waals surface area contributed by atoms with Crippen molar-refractivity contribution in [3.05, 3.63) is 45.4 Å². The van der Waals surface area contributed by atoms with Gasteiger partial charge in [-0.25, -0.2) is 0 Å². The van der Waals surface area contributed by atoms with Crippen LogP contribution >= 0.6 is 22.9 Å². The fraction of sp³-hybridized carbons (Fsp3) is 0.273. The third kappa shape index (κ3) is 1.66. The van der Waals surface area contributed by atoms with Gasteiger partial charge in [0.05, 0.1) is 10.4 Å². The summed E-state index contributed by atoms with van der Waals surface area (Å²) in [7, 11) is 0. The Hall–Kier alpha value is -0.930. The van der Waals surface area contributed by atoms with Crippen LogP contribution in [0.2, 0.25) is 4.34 Å². The van der Waals surface area contributed by atoms with Crippen LogP contribution in [0, 0.1) is 0 Å². The number of hydrogen-bond donors (Lipinski definition) is 1. The molecule has 0 spiro atoms. The maximum absolute atomic E-state index is 6.01. The smallest absolute Gasteiger partial charge is 0.0934 e. The number of hydrogen-bond acceptors (Lipinski definition) is 2. The lowest BCUT2D eigenvalue weighted by Gasteiger charge is -2.15. The van der Waals surface area contributed by atoms with Gasteiger partial charge < -0.3 is 5.43 Å². The zero-order valence-electron chi connectivity index (χ0n) is 8.11. The Morgan fingerprint density at radius 3 is 3.00 bits per heavy atom. The number of aromatic nitrogens is 1. The van der Waals surface area contributed by atoms with E-state index in [1.54, 1.807) is 11.3 Å². The number of aryl methyl sites for hydroxylation is 1. The van der Waals surface area contributed by atoms with E-state index in [1.165, 1.54) is 10.4 Å². The van der Waals surface area contributed by atoms with Crippen LogP contribution < -0.4 is 5.43 Å². The molecule has 0 amide bonds. The second kappa shape index (κ2) is 3.58. The molecule has 0 saturated heterocycles. The molecule has 15 heavy (non-hydrogen) atoms. The molecular weight excluding hydrogens is 228 g/mol. The van der Waals surface area contributed by atoms with E-state index < -0.39 is 0 Å². The number of nitrogens with zero attached hydrogens (tertiary/aromatic N) is 1. The van der Waals surface area contributed by atoms with E-state index in [0.29, 0.717) is 6.04 Å². The van der Waals surface area contributed by atoms with Crippen molar-refractivity contribution in [1.82, 2.24) is 4.68 Å². The Morgan fingerprint density at radius 2 is 2.20 bits per heavy atom. The highest BCUT2D eigenvalue weighted by atomic mass is 35.5. The summed E-state index contributed by atoms with van der Waals surface area (Å²) < 4.78 is 2.91. The van der Waals surface area contributed by atoms with Crippen molar-refractivity contribution in [3.63, 3.8) is 0 Å². The molecule has 4 heteroatoms. The number of thiophene rings is 1. The summed E-state index contributed by atoms with van der Waals surface area (Å²) in [5.41, 5.74) is 4.83. The zero-order valence-corrected chi connectivity index (χ0v) is 9.68. The summed E-state index contributed by atoms with van der Waals surface area (Å²) in [6.45, 7) is 0. The largest absolute Gasteiger partial charge is 0.319 e. The second-order valence-electron chi connectivity index (χ2n) is 3.74. The first-order valence-electron chi connectivity index (χ1n) is 5.00. The van der Waals surface area contributed by atoms with Gasteiger partial charge in [0.25, 0.3) is 0 Å². The topological polar surface area (TPSA) is 17.0 Å². The SMILES string of the molecule is Clc1cc2c(s1)CCC2Nn1cccc1. The molecule has 0 saturated carbocycles. The van der Waals surface area contributed by atoms with E-state index in [9.17, 15) is 0 Å². The molecule has 0 fully saturated rings. The Bertz CT molecular complexity index is 461. The van der Waals surface area contributed by atoms with Crippen molar-refractivity contribution in [2.24, 2.45) is 0 Å². The molecule has 0 bridgehead atoms. The molecule has 1 N–H and O–H groups in total. The van der Waals surface area contributed by atoms with E-state index >= 15 is 0 Å². The summed E-state index contributed by atoms with van der Waals surface area (Å²) in [6.07, 6.45) is 6.35. The van der Waals surface area contributed by atoms with Gasteiger partial charge in [-0.1, -0.05) is 11.6 Å². The van der Waals surface area contributed by atoms with E-state index in [4.69, 9.17) is 11.6 Å². The lowest BCUT2D eigenvalue weighted by Crippen LogP contribution is -2.17. The summed E-state index contributed by atoms with van der Waals surface area (Å²) >= 11 is 7.72. The van der Waals surface area contributed by atoms with Crippen LogP contribution in [-0.2, 0) is 6.42 Å². The van der Waals surface area contributed by atoms with Crippen LogP contribution in [0.5, 0.6) is 0 Å². The minimum Gasteiger partial charge on any atom is -0.319 e. The molecule has 3 rings (SSSR count). The molecule has 2 nitrogen and oxygen atoms in total. The first-order valence-corrected chi connectivity index (χ1v) is 6.20. The van der Waals surface area contributed by atoms with Crippen molar-refractivity contribution in [3.8, 4) is 0 Å². The number of fused-ring (bicyclic) bond motifs is 1. The average Bonchev–Trinajstić information content (AvgIpc) is 2.85. The van der Waals surface area contributed by atoms with Gasteiger partial charge in [-0.15, -0.1) is 11.3 Å². The summed E-state index contributed by atoms with van der Waals surface area (Å²) in [6, 6.07) is 6.54. The van der Waals surface area contributed by atoms with Gasteiger partial charge in [-0.05, 0) is 36.6 Å². The molecule has 1 atom stereocenters. The first kappa shape index (κ1) is 9.31. The third-order valence-electron chi connectivity index (χ3n) is 2.76. The predicted molar refractivity (Wildman–Crippen MR) is 64.2 cm³/mol. The van der Waals surface area contributed by atoms with Crippen LogP contribution in [0.4, 0.5) is 0 Å². The van der Waals surface area contributed by atoms with Gasteiger partial charge in [0.2, 0.25) is 0 Å². The van der Waals surface area contributed by atoms with Gasteiger partial charge in [0.15, 0.2) is 0 Å². The zero-order chi connectivity index (χ0) is 10.3. The molecule has 0 aliphatic heterocycles. The predicted octanol–water partition coefficient (Wildman–Crippen LogP) is 3.43. The fourth-order valence-corrected chi connectivity index (χ4v) is 3.42. The number of nitrogens with one attached hydrogen (secondary N) is 1. The molecular formula is C11H11ClN2S. The van der Waals surface area contributed by atoms with Gasteiger partial charge in [0.1, 0.15) is 0 Å². The van der Waals surface area contributed by atoms with Gasteiger partial charge >= 0.3 is 0 Å². The Kier molecular flexibility index (Phi) is 2.22. The van der Waals surface area contributed by atoms with Crippen LogP contribution in [0.15, 0.2) is 30.6 Å². The molecule has 1 unspecified atom stereocenters. The number of rotatable bonds is 2. The number of halogens is 1. The summed E-state index contributed by atoms with van der Waals surface area (Å²) in [5.74, 6) is 0. The molecule has 0 radical (unpaired) electrons. The monoisotopic (exact) mass is 238 g/mol. The van der Waals surface area contributed by atoms with Crippen molar-refractivity contribution in [2.75, 3.05) is 5.43 Å². The standard InChI is InChI=1S/C11H11ClN2S/c12-11-7-8-9(3-4-10(8)15-11)13-14-5-1-2-6-14/h1-2,5-7,9,13H,3-4H2. The summed E-state index contributed by atoms with van der Waals surface area (Å²) in [4.78, 5) is 1.43. The molecule has 2 heterocycles. The minimum absolute atomic E-state index is 0.413. The van der Waals surface area contributed by atoms with Crippen molar-refractivity contribution in [1.29, 1.82) is 0 Å². The van der Waals surface area contributed by atoms with E-state index in [2.05, 4.69) is 11.5 Å².